The highest BCUT2D eigenvalue weighted by Gasteiger charge is 2.19. The monoisotopic (exact) mass is 371 g/mol. The van der Waals surface area contributed by atoms with E-state index in [9.17, 15) is 4.79 Å². The van der Waals surface area contributed by atoms with Gasteiger partial charge in [0.1, 0.15) is 22.2 Å². The summed E-state index contributed by atoms with van der Waals surface area (Å²) < 4.78 is 10.8. The van der Waals surface area contributed by atoms with Gasteiger partial charge in [0.25, 0.3) is 0 Å². The SMILES string of the molecule is COc1ccccc1-c1nc(COC(=O)c2cc3c(s2)CCC3)cs1. The van der Waals surface area contributed by atoms with Crippen LogP contribution in [0.2, 0.25) is 0 Å². The zero-order valence-corrected chi connectivity index (χ0v) is 15.4. The summed E-state index contributed by atoms with van der Waals surface area (Å²) in [6.45, 7) is 0.188. The number of benzene rings is 1. The molecule has 0 saturated heterocycles. The van der Waals surface area contributed by atoms with Crippen LogP contribution in [0.3, 0.4) is 0 Å². The molecule has 1 aliphatic carbocycles. The average molecular weight is 371 g/mol. The molecule has 2 aromatic heterocycles. The van der Waals surface area contributed by atoms with E-state index in [0.717, 1.165) is 34.9 Å². The van der Waals surface area contributed by atoms with Crippen molar-refractivity contribution < 1.29 is 14.3 Å². The van der Waals surface area contributed by atoms with Crippen LogP contribution >= 0.6 is 22.7 Å². The lowest BCUT2D eigenvalue weighted by molar-refractivity contribution is 0.0474. The summed E-state index contributed by atoms with van der Waals surface area (Å²) in [6, 6.07) is 9.75. The second-order valence-electron chi connectivity index (χ2n) is 5.83. The number of hydrogen-bond donors (Lipinski definition) is 0. The summed E-state index contributed by atoms with van der Waals surface area (Å²) in [7, 11) is 1.65. The fourth-order valence-electron chi connectivity index (χ4n) is 2.96. The van der Waals surface area contributed by atoms with Gasteiger partial charge in [0, 0.05) is 10.3 Å². The van der Waals surface area contributed by atoms with E-state index in [4.69, 9.17) is 9.47 Å². The zero-order valence-electron chi connectivity index (χ0n) is 13.8. The number of thiazole rings is 1. The van der Waals surface area contributed by atoms with Crippen molar-refractivity contribution in [1.29, 1.82) is 0 Å². The number of hydrogen-bond acceptors (Lipinski definition) is 6. The third-order valence-electron chi connectivity index (χ3n) is 4.19. The van der Waals surface area contributed by atoms with Crippen LogP contribution in [0.25, 0.3) is 10.6 Å². The van der Waals surface area contributed by atoms with Gasteiger partial charge in [-0.15, -0.1) is 22.7 Å². The van der Waals surface area contributed by atoms with Crippen molar-refractivity contribution in [2.75, 3.05) is 7.11 Å². The van der Waals surface area contributed by atoms with Crippen molar-refractivity contribution >= 4 is 28.6 Å². The molecule has 0 amide bonds. The average Bonchev–Trinajstić information content (AvgIpc) is 3.35. The van der Waals surface area contributed by atoms with E-state index < -0.39 is 0 Å². The molecule has 4 nitrogen and oxygen atoms in total. The first kappa shape index (κ1) is 16.3. The number of nitrogens with zero attached hydrogens (tertiary/aromatic N) is 1. The van der Waals surface area contributed by atoms with E-state index in [1.165, 1.54) is 28.2 Å². The summed E-state index contributed by atoms with van der Waals surface area (Å²) in [5.41, 5.74) is 3.01. The Morgan fingerprint density at radius 1 is 1.28 bits per heavy atom. The molecule has 1 aliphatic rings. The Balaban J connectivity index is 1.43. The second-order valence-corrected chi connectivity index (χ2v) is 7.83. The lowest BCUT2D eigenvalue weighted by Gasteiger charge is -2.04. The number of thiophene rings is 1. The van der Waals surface area contributed by atoms with E-state index in [-0.39, 0.29) is 12.6 Å². The summed E-state index contributed by atoms with van der Waals surface area (Å²) in [5, 5.41) is 2.78. The summed E-state index contributed by atoms with van der Waals surface area (Å²) in [4.78, 5) is 18.8. The van der Waals surface area contributed by atoms with Crippen LogP contribution in [0.5, 0.6) is 5.75 Å². The van der Waals surface area contributed by atoms with E-state index in [1.54, 1.807) is 18.4 Å². The van der Waals surface area contributed by atoms with Gasteiger partial charge in [-0.05, 0) is 43.0 Å². The second kappa shape index (κ2) is 6.98. The normalized spacial score (nSPS) is 12.8. The molecule has 25 heavy (non-hydrogen) atoms. The smallest absolute Gasteiger partial charge is 0.348 e. The maximum absolute atomic E-state index is 12.2. The van der Waals surface area contributed by atoms with Gasteiger partial charge in [-0.1, -0.05) is 12.1 Å². The van der Waals surface area contributed by atoms with Gasteiger partial charge in [0.2, 0.25) is 0 Å². The number of ether oxygens (including phenoxy) is 2. The Morgan fingerprint density at radius 2 is 2.16 bits per heavy atom. The number of rotatable bonds is 5. The summed E-state index contributed by atoms with van der Waals surface area (Å²) in [6.07, 6.45) is 3.36. The van der Waals surface area contributed by atoms with E-state index in [2.05, 4.69) is 4.98 Å². The number of aryl methyl sites for hydroxylation is 2. The standard InChI is InChI=1S/C19H17NO3S2/c1-22-15-7-3-2-6-14(15)18-20-13(11-24-18)10-23-19(21)17-9-12-5-4-8-16(12)25-17/h2-3,6-7,9,11H,4-5,8,10H2,1H3. The summed E-state index contributed by atoms with van der Waals surface area (Å²) in [5.74, 6) is 0.528. The van der Waals surface area contributed by atoms with Crippen LogP contribution in [-0.2, 0) is 24.2 Å². The maximum Gasteiger partial charge on any atom is 0.348 e. The first-order valence-electron chi connectivity index (χ1n) is 8.11. The third kappa shape index (κ3) is 3.32. The van der Waals surface area contributed by atoms with Gasteiger partial charge in [0.05, 0.1) is 18.4 Å². The molecular weight excluding hydrogens is 354 g/mol. The number of fused-ring (bicyclic) bond motifs is 1. The van der Waals surface area contributed by atoms with Gasteiger partial charge < -0.3 is 9.47 Å². The van der Waals surface area contributed by atoms with Crippen LogP contribution in [0.1, 0.15) is 32.2 Å². The Hall–Kier alpha value is -2.18. The molecule has 0 unspecified atom stereocenters. The highest BCUT2D eigenvalue weighted by atomic mass is 32.1. The molecular formula is C19H17NO3S2. The molecule has 4 rings (SSSR count). The molecule has 0 aliphatic heterocycles. The van der Waals surface area contributed by atoms with Crippen LogP contribution in [0.4, 0.5) is 0 Å². The molecule has 6 heteroatoms. The van der Waals surface area contributed by atoms with Crippen molar-refractivity contribution in [2.24, 2.45) is 0 Å². The van der Waals surface area contributed by atoms with E-state index in [1.807, 2.05) is 35.7 Å². The zero-order chi connectivity index (χ0) is 17.2. The largest absolute Gasteiger partial charge is 0.496 e. The topological polar surface area (TPSA) is 48.4 Å². The minimum absolute atomic E-state index is 0.188. The van der Waals surface area contributed by atoms with Crippen molar-refractivity contribution in [2.45, 2.75) is 25.9 Å². The van der Waals surface area contributed by atoms with Gasteiger partial charge in [-0.3, -0.25) is 0 Å². The van der Waals surface area contributed by atoms with E-state index >= 15 is 0 Å². The highest BCUT2D eigenvalue weighted by Crippen LogP contribution is 2.33. The molecule has 2 heterocycles. The van der Waals surface area contributed by atoms with Gasteiger partial charge in [-0.2, -0.15) is 0 Å². The molecule has 128 valence electrons. The van der Waals surface area contributed by atoms with Crippen LogP contribution < -0.4 is 4.74 Å². The highest BCUT2D eigenvalue weighted by molar-refractivity contribution is 7.14. The molecule has 0 spiro atoms. The molecule has 0 bridgehead atoms. The first-order chi connectivity index (χ1) is 12.2. The lowest BCUT2D eigenvalue weighted by atomic mass is 10.2. The van der Waals surface area contributed by atoms with Crippen molar-refractivity contribution in [3.05, 3.63) is 56.7 Å². The van der Waals surface area contributed by atoms with Gasteiger partial charge in [0.15, 0.2) is 0 Å². The van der Waals surface area contributed by atoms with Gasteiger partial charge in [-0.25, -0.2) is 9.78 Å². The molecule has 3 aromatic rings. The fraction of sp³-hybridized carbons (Fsp3) is 0.263. The lowest BCUT2D eigenvalue weighted by Crippen LogP contribution is -2.03. The summed E-state index contributed by atoms with van der Waals surface area (Å²) >= 11 is 3.08. The number of aromatic nitrogens is 1. The van der Waals surface area contributed by atoms with Crippen molar-refractivity contribution in [3.8, 4) is 16.3 Å². The van der Waals surface area contributed by atoms with Crippen LogP contribution in [-0.4, -0.2) is 18.1 Å². The minimum Gasteiger partial charge on any atom is -0.496 e. The number of carbonyl (C=O) groups excluding carboxylic acids is 1. The van der Waals surface area contributed by atoms with Crippen LogP contribution in [0.15, 0.2) is 35.7 Å². The van der Waals surface area contributed by atoms with Gasteiger partial charge >= 0.3 is 5.97 Å². The maximum atomic E-state index is 12.2. The minimum atomic E-state index is -0.258. The molecule has 0 atom stereocenters. The predicted octanol–water partition coefficient (Wildman–Crippen LogP) is 4.73. The fourth-order valence-corrected chi connectivity index (χ4v) is 4.94. The number of carbonyl (C=O) groups is 1. The first-order valence-corrected chi connectivity index (χ1v) is 9.80. The molecule has 0 fully saturated rings. The number of esters is 1. The van der Waals surface area contributed by atoms with Crippen molar-refractivity contribution in [3.63, 3.8) is 0 Å². The Morgan fingerprint density at radius 3 is 3.00 bits per heavy atom. The Kier molecular flexibility index (Phi) is 4.55. The van der Waals surface area contributed by atoms with Crippen LogP contribution in [0, 0.1) is 0 Å². The molecule has 0 N–H and O–H groups in total. The number of para-hydroxylation sites is 1. The van der Waals surface area contributed by atoms with E-state index in [0.29, 0.717) is 4.88 Å². The third-order valence-corrected chi connectivity index (χ3v) is 6.33. The molecule has 0 saturated carbocycles. The predicted molar refractivity (Wildman–Crippen MR) is 99.6 cm³/mol. The molecule has 1 aromatic carbocycles. The Bertz CT molecular complexity index is 892. The van der Waals surface area contributed by atoms with Crippen molar-refractivity contribution in [1.82, 2.24) is 4.98 Å². The Labute approximate surface area is 154 Å². The quantitative estimate of drug-likeness (QED) is 0.609. The molecule has 0 radical (unpaired) electrons. The number of methoxy groups -OCH3 is 1.